The van der Waals surface area contributed by atoms with Gasteiger partial charge in [0.1, 0.15) is 12.4 Å². The number of hydrogen-bond donors (Lipinski definition) is 0. The van der Waals surface area contributed by atoms with Crippen LogP contribution in [0.4, 0.5) is 13.2 Å². The first-order valence-corrected chi connectivity index (χ1v) is 4.90. The predicted molar refractivity (Wildman–Crippen MR) is 57.2 cm³/mol. The van der Waals surface area contributed by atoms with Crippen LogP contribution >= 0.6 is 0 Å². The first-order valence-electron chi connectivity index (χ1n) is 4.90. The Morgan fingerprint density at radius 2 is 2.00 bits per heavy atom. The summed E-state index contributed by atoms with van der Waals surface area (Å²) in [6.45, 7) is 0. The molecular weight excluding hydrogens is 243 g/mol. The summed E-state index contributed by atoms with van der Waals surface area (Å²) in [6.07, 6.45) is -1.96. The fourth-order valence-electron chi connectivity index (χ4n) is 1.48. The molecule has 2 rings (SSSR count). The van der Waals surface area contributed by atoms with E-state index in [2.05, 4.69) is 9.97 Å². The number of nitriles is 1. The molecule has 0 radical (unpaired) electrons. The second-order valence-corrected chi connectivity index (χ2v) is 3.48. The number of halogens is 3. The average Bonchev–Trinajstić information content (AvgIpc) is 2.38. The van der Waals surface area contributed by atoms with Gasteiger partial charge in [0, 0.05) is 11.8 Å². The minimum atomic E-state index is -4.42. The molecule has 0 amide bonds. The van der Waals surface area contributed by atoms with Gasteiger partial charge in [-0.05, 0) is 12.1 Å². The molecule has 0 aliphatic rings. The van der Waals surface area contributed by atoms with Crippen LogP contribution in [0.25, 0.3) is 11.3 Å². The normalized spacial score (nSPS) is 11.0. The number of alkyl halides is 3. The van der Waals surface area contributed by atoms with Gasteiger partial charge in [-0.3, -0.25) is 0 Å². The largest absolute Gasteiger partial charge is 0.416 e. The average molecular weight is 249 g/mol. The van der Waals surface area contributed by atoms with Crippen molar-refractivity contribution in [3.8, 4) is 17.3 Å². The van der Waals surface area contributed by atoms with Gasteiger partial charge in [0.15, 0.2) is 0 Å². The van der Waals surface area contributed by atoms with E-state index in [1.807, 2.05) is 6.07 Å². The maximum atomic E-state index is 12.6. The highest BCUT2D eigenvalue weighted by Crippen LogP contribution is 2.32. The van der Waals surface area contributed by atoms with Crippen molar-refractivity contribution in [3.05, 3.63) is 47.9 Å². The minimum absolute atomic E-state index is 0.136. The molecule has 0 saturated carbocycles. The van der Waals surface area contributed by atoms with E-state index in [0.29, 0.717) is 0 Å². The zero-order valence-electron chi connectivity index (χ0n) is 8.94. The molecule has 0 fully saturated rings. The number of hydrogen-bond acceptors (Lipinski definition) is 3. The molecule has 0 saturated heterocycles. The van der Waals surface area contributed by atoms with E-state index in [4.69, 9.17) is 5.26 Å². The maximum absolute atomic E-state index is 12.6. The van der Waals surface area contributed by atoms with Crippen LogP contribution in [0.1, 0.15) is 11.1 Å². The van der Waals surface area contributed by atoms with E-state index in [1.54, 1.807) is 0 Å². The van der Waals surface area contributed by atoms with Crippen LogP contribution in [0.3, 0.4) is 0 Å². The second kappa shape index (κ2) is 4.45. The zero-order chi connectivity index (χ0) is 13.2. The highest BCUT2D eigenvalue weighted by Gasteiger charge is 2.30. The Kier molecular flexibility index (Phi) is 2.98. The molecule has 18 heavy (non-hydrogen) atoms. The van der Waals surface area contributed by atoms with Crippen molar-refractivity contribution in [2.45, 2.75) is 6.18 Å². The Morgan fingerprint density at radius 1 is 1.22 bits per heavy atom. The molecule has 3 nitrogen and oxygen atoms in total. The van der Waals surface area contributed by atoms with Gasteiger partial charge in [0.2, 0.25) is 0 Å². The minimum Gasteiger partial charge on any atom is -0.243 e. The van der Waals surface area contributed by atoms with Crippen molar-refractivity contribution in [2.75, 3.05) is 0 Å². The summed E-state index contributed by atoms with van der Waals surface area (Å²) in [4.78, 5) is 7.50. The molecule has 0 aliphatic carbocycles. The SMILES string of the molecule is N#Cc1cncnc1-c1cccc(C(F)(F)F)c1. The van der Waals surface area contributed by atoms with Crippen molar-refractivity contribution in [2.24, 2.45) is 0 Å². The standard InChI is InChI=1S/C12H6F3N3/c13-12(14,15)10-3-1-2-8(4-10)11-9(5-16)6-17-7-18-11/h1-4,6-7H. The lowest BCUT2D eigenvalue weighted by atomic mass is 10.0. The van der Waals surface area contributed by atoms with Gasteiger partial charge in [0.25, 0.3) is 0 Å². The first kappa shape index (κ1) is 12.0. The van der Waals surface area contributed by atoms with Gasteiger partial charge in [-0.2, -0.15) is 18.4 Å². The van der Waals surface area contributed by atoms with Crippen molar-refractivity contribution < 1.29 is 13.2 Å². The quantitative estimate of drug-likeness (QED) is 0.780. The highest BCUT2D eigenvalue weighted by molar-refractivity contribution is 5.66. The number of nitrogens with zero attached hydrogens (tertiary/aromatic N) is 3. The summed E-state index contributed by atoms with van der Waals surface area (Å²) >= 11 is 0. The molecule has 6 heteroatoms. The molecule has 2 aromatic rings. The topological polar surface area (TPSA) is 49.6 Å². The molecule has 0 unspecified atom stereocenters. The fourth-order valence-corrected chi connectivity index (χ4v) is 1.48. The van der Waals surface area contributed by atoms with Gasteiger partial charge in [-0.1, -0.05) is 12.1 Å². The monoisotopic (exact) mass is 249 g/mol. The molecule has 1 aromatic heterocycles. The van der Waals surface area contributed by atoms with E-state index in [0.717, 1.165) is 12.1 Å². The Hall–Kier alpha value is -2.42. The van der Waals surface area contributed by atoms with Crippen LogP contribution in [0.15, 0.2) is 36.8 Å². The molecule has 0 atom stereocenters. The third-order valence-corrected chi connectivity index (χ3v) is 2.30. The van der Waals surface area contributed by atoms with Gasteiger partial charge in [-0.25, -0.2) is 9.97 Å². The Morgan fingerprint density at radius 3 is 2.67 bits per heavy atom. The van der Waals surface area contributed by atoms with Crippen LogP contribution in [-0.4, -0.2) is 9.97 Å². The third-order valence-electron chi connectivity index (χ3n) is 2.30. The van der Waals surface area contributed by atoms with Crippen molar-refractivity contribution in [1.29, 1.82) is 5.26 Å². The first-order chi connectivity index (χ1) is 8.52. The maximum Gasteiger partial charge on any atom is 0.416 e. The van der Waals surface area contributed by atoms with Crippen LogP contribution in [0, 0.1) is 11.3 Å². The van der Waals surface area contributed by atoms with E-state index in [1.165, 1.54) is 24.7 Å². The van der Waals surface area contributed by atoms with Gasteiger partial charge in [-0.15, -0.1) is 0 Å². The van der Waals surface area contributed by atoms with Crippen LogP contribution in [0.5, 0.6) is 0 Å². The van der Waals surface area contributed by atoms with Crippen molar-refractivity contribution in [1.82, 2.24) is 9.97 Å². The molecule has 90 valence electrons. The van der Waals surface area contributed by atoms with Crippen LogP contribution < -0.4 is 0 Å². The zero-order valence-corrected chi connectivity index (χ0v) is 8.94. The predicted octanol–water partition coefficient (Wildman–Crippen LogP) is 3.03. The van der Waals surface area contributed by atoms with E-state index >= 15 is 0 Å². The number of aromatic nitrogens is 2. The molecular formula is C12H6F3N3. The van der Waals surface area contributed by atoms with Crippen molar-refractivity contribution in [3.63, 3.8) is 0 Å². The molecule has 0 spiro atoms. The molecule has 0 bridgehead atoms. The summed E-state index contributed by atoms with van der Waals surface area (Å²) in [6, 6.07) is 6.53. The molecule has 0 N–H and O–H groups in total. The number of rotatable bonds is 1. The lowest BCUT2D eigenvalue weighted by Crippen LogP contribution is -2.04. The Labute approximate surface area is 101 Å². The lowest BCUT2D eigenvalue weighted by molar-refractivity contribution is -0.137. The van der Waals surface area contributed by atoms with Gasteiger partial charge in [0.05, 0.1) is 16.8 Å². The summed E-state index contributed by atoms with van der Waals surface area (Å²) in [5.74, 6) is 0. The summed E-state index contributed by atoms with van der Waals surface area (Å²) < 4.78 is 37.7. The Balaban J connectivity index is 2.56. The molecule has 1 aromatic carbocycles. The van der Waals surface area contributed by atoms with Gasteiger partial charge < -0.3 is 0 Å². The highest BCUT2D eigenvalue weighted by atomic mass is 19.4. The summed E-state index contributed by atoms with van der Waals surface area (Å²) in [5, 5.41) is 8.86. The van der Waals surface area contributed by atoms with E-state index < -0.39 is 11.7 Å². The van der Waals surface area contributed by atoms with Crippen LogP contribution in [-0.2, 0) is 6.18 Å². The summed E-state index contributed by atoms with van der Waals surface area (Å²) in [7, 11) is 0. The number of benzene rings is 1. The van der Waals surface area contributed by atoms with E-state index in [-0.39, 0.29) is 16.8 Å². The summed E-state index contributed by atoms with van der Waals surface area (Å²) in [5.41, 5.74) is -0.207. The fraction of sp³-hybridized carbons (Fsp3) is 0.0833. The van der Waals surface area contributed by atoms with E-state index in [9.17, 15) is 13.2 Å². The van der Waals surface area contributed by atoms with Crippen LogP contribution in [0.2, 0.25) is 0 Å². The lowest BCUT2D eigenvalue weighted by Gasteiger charge is -2.08. The molecule has 0 aliphatic heterocycles. The third kappa shape index (κ3) is 2.30. The Bertz CT molecular complexity index is 614. The second-order valence-electron chi connectivity index (χ2n) is 3.48. The van der Waals surface area contributed by atoms with Gasteiger partial charge >= 0.3 is 6.18 Å². The molecule has 1 heterocycles. The van der Waals surface area contributed by atoms with Crippen molar-refractivity contribution >= 4 is 0 Å². The smallest absolute Gasteiger partial charge is 0.243 e.